The molecule has 0 fully saturated rings. The lowest BCUT2D eigenvalue weighted by Crippen LogP contribution is -2.17. The van der Waals surface area contributed by atoms with E-state index in [-0.39, 0.29) is 0 Å². The molecule has 1 N–H and O–H groups in total. The summed E-state index contributed by atoms with van der Waals surface area (Å²) in [7, 11) is 1.30. The second-order valence-corrected chi connectivity index (χ2v) is 2.82. The molecule has 0 aliphatic carbocycles. The zero-order valence-corrected chi connectivity index (χ0v) is 6.35. The Kier molecular flexibility index (Phi) is 2.34. The maximum atomic E-state index is 10.8. The Labute approximate surface area is 63.1 Å². The van der Waals surface area contributed by atoms with Crippen molar-refractivity contribution in [1.82, 2.24) is 0 Å². The van der Waals surface area contributed by atoms with Gasteiger partial charge in [-0.15, -0.1) is 11.8 Å². The standard InChI is InChI=1S/C6H8O3S/c1-9-6(8)4-2-10-3-5(4)7/h2,5,7H,3H2,1H3. The minimum atomic E-state index is -0.641. The second kappa shape index (κ2) is 3.07. The van der Waals surface area contributed by atoms with Gasteiger partial charge in [-0.2, -0.15) is 0 Å². The summed E-state index contributed by atoms with van der Waals surface area (Å²) in [5, 5.41) is 10.7. The maximum Gasteiger partial charge on any atom is 0.336 e. The molecule has 1 aliphatic heterocycles. The molecular weight excluding hydrogens is 152 g/mol. The summed E-state index contributed by atoms with van der Waals surface area (Å²) in [5.74, 6) is 0.127. The molecule has 56 valence electrons. The van der Waals surface area contributed by atoms with Gasteiger partial charge in [0.1, 0.15) is 0 Å². The third-order valence-electron chi connectivity index (χ3n) is 1.24. The van der Waals surface area contributed by atoms with Gasteiger partial charge in [-0.1, -0.05) is 0 Å². The summed E-state index contributed by atoms with van der Waals surface area (Å²) in [6.45, 7) is 0. The number of thioether (sulfide) groups is 1. The summed E-state index contributed by atoms with van der Waals surface area (Å²) in [6, 6.07) is 0. The molecule has 0 aromatic carbocycles. The first-order chi connectivity index (χ1) is 4.75. The van der Waals surface area contributed by atoms with Crippen molar-refractivity contribution in [2.24, 2.45) is 0 Å². The van der Waals surface area contributed by atoms with E-state index in [0.29, 0.717) is 11.3 Å². The van der Waals surface area contributed by atoms with Crippen LogP contribution in [-0.4, -0.2) is 30.0 Å². The number of esters is 1. The van der Waals surface area contributed by atoms with Crippen LogP contribution in [0.4, 0.5) is 0 Å². The maximum absolute atomic E-state index is 10.8. The number of carbonyl (C=O) groups excluding carboxylic acids is 1. The minimum Gasteiger partial charge on any atom is -0.466 e. The highest BCUT2D eigenvalue weighted by molar-refractivity contribution is 8.02. The van der Waals surface area contributed by atoms with Crippen LogP contribution in [-0.2, 0) is 9.53 Å². The SMILES string of the molecule is COC(=O)C1=CSCC1O. The smallest absolute Gasteiger partial charge is 0.336 e. The molecule has 3 nitrogen and oxygen atoms in total. The van der Waals surface area contributed by atoms with Gasteiger partial charge in [0.15, 0.2) is 0 Å². The normalized spacial score (nSPS) is 24.2. The van der Waals surface area contributed by atoms with Gasteiger partial charge in [-0.05, 0) is 5.41 Å². The minimum absolute atomic E-state index is 0.368. The molecule has 0 radical (unpaired) electrons. The Morgan fingerprint density at radius 3 is 3.10 bits per heavy atom. The molecule has 0 saturated carbocycles. The number of carbonyl (C=O) groups is 1. The van der Waals surface area contributed by atoms with Crippen LogP contribution in [0.25, 0.3) is 0 Å². The van der Waals surface area contributed by atoms with Crippen LogP contribution in [0.1, 0.15) is 0 Å². The topological polar surface area (TPSA) is 46.5 Å². The van der Waals surface area contributed by atoms with Gasteiger partial charge in [0.25, 0.3) is 0 Å². The molecule has 1 atom stereocenters. The number of aliphatic hydroxyl groups excluding tert-OH is 1. The third-order valence-corrected chi connectivity index (χ3v) is 2.17. The third kappa shape index (κ3) is 1.33. The highest BCUT2D eigenvalue weighted by Gasteiger charge is 2.23. The zero-order valence-electron chi connectivity index (χ0n) is 5.53. The van der Waals surface area contributed by atoms with Gasteiger partial charge in [-0.25, -0.2) is 4.79 Å². The molecule has 1 unspecified atom stereocenters. The van der Waals surface area contributed by atoms with E-state index in [1.54, 1.807) is 5.41 Å². The van der Waals surface area contributed by atoms with Gasteiger partial charge < -0.3 is 9.84 Å². The first kappa shape index (κ1) is 7.63. The molecular formula is C6H8O3S. The van der Waals surface area contributed by atoms with Gasteiger partial charge in [-0.3, -0.25) is 0 Å². The average molecular weight is 160 g/mol. The fraction of sp³-hybridized carbons (Fsp3) is 0.500. The van der Waals surface area contributed by atoms with E-state index >= 15 is 0 Å². The zero-order chi connectivity index (χ0) is 7.56. The molecule has 10 heavy (non-hydrogen) atoms. The lowest BCUT2D eigenvalue weighted by atomic mass is 10.2. The van der Waals surface area contributed by atoms with Crippen molar-refractivity contribution in [2.75, 3.05) is 12.9 Å². The van der Waals surface area contributed by atoms with Gasteiger partial charge in [0.05, 0.1) is 18.8 Å². The van der Waals surface area contributed by atoms with Gasteiger partial charge in [0, 0.05) is 5.75 Å². The number of aliphatic hydroxyl groups is 1. The Balaban J connectivity index is 2.63. The number of hydrogen-bond acceptors (Lipinski definition) is 4. The van der Waals surface area contributed by atoms with Crippen molar-refractivity contribution < 1.29 is 14.6 Å². The molecule has 1 aliphatic rings. The highest BCUT2D eigenvalue weighted by Crippen LogP contribution is 2.22. The molecule has 1 rings (SSSR count). The number of rotatable bonds is 1. The number of methoxy groups -OCH3 is 1. The van der Waals surface area contributed by atoms with E-state index < -0.39 is 12.1 Å². The quantitative estimate of drug-likeness (QED) is 0.555. The van der Waals surface area contributed by atoms with E-state index in [0.717, 1.165) is 0 Å². The molecule has 0 bridgehead atoms. The predicted molar refractivity (Wildman–Crippen MR) is 38.6 cm³/mol. The van der Waals surface area contributed by atoms with E-state index in [4.69, 9.17) is 5.11 Å². The average Bonchev–Trinajstić information content (AvgIpc) is 2.34. The predicted octanol–water partition coefficient (Wildman–Crippen LogP) is 0.151. The van der Waals surface area contributed by atoms with Crippen molar-refractivity contribution in [3.8, 4) is 0 Å². The monoisotopic (exact) mass is 160 g/mol. The summed E-state index contributed by atoms with van der Waals surface area (Å²) >= 11 is 1.42. The van der Waals surface area contributed by atoms with Crippen LogP contribution in [0.15, 0.2) is 11.0 Å². The van der Waals surface area contributed by atoms with Gasteiger partial charge >= 0.3 is 5.97 Å². The Morgan fingerprint density at radius 2 is 2.70 bits per heavy atom. The van der Waals surface area contributed by atoms with Crippen LogP contribution < -0.4 is 0 Å². The molecule has 0 aromatic heterocycles. The van der Waals surface area contributed by atoms with E-state index in [2.05, 4.69) is 4.74 Å². The molecule has 0 aromatic rings. The lowest BCUT2D eigenvalue weighted by Gasteiger charge is -2.03. The molecule has 0 amide bonds. The summed E-state index contributed by atoms with van der Waals surface area (Å²) in [5.41, 5.74) is 0.368. The Morgan fingerprint density at radius 1 is 2.00 bits per heavy atom. The summed E-state index contributed by atoms with van der Waals surface area (Å²) < 4.78 is 4.42. The van der Waals surface area contributed by atoms with Gasteiger partial charge in [0.2, 0.25) is 0 Å². The second-order valence-electron chi connectivity index (χ2n) is 1.91. The van der Waals surface area contributed by atoms with Crippen molar-refractivity contribution >= 4 is 17.7 Å². The Bertz CT molecular complexity index is 176. The van der Waals surface area contributed by atoms with Crippen LogP contribution in [0.5, 0.6) is 0 Å². The first-order valence-electron chi connectivity index (χ1n) is 2.83. The van der Waals surface area contributed by atoms with Crippen molar-refractivity contribution in [2.45, 2.75) is 6.10 Å². The summed E-state index contributed by atoms with van der Waals surface area (Å²) in [4.78, 5) is 10.8. The fourth-order valence-electron chi connectivity index (χ4n) is 0.699. The first-order valence-corrected chi connectivity index (χ1v) is 3.88. The van der Waals surface area contributed by atoms with E-state index in [9.17, 15) is 4.79 Å². The molecule has 4 heteroatoms. The number of ether oxygens (including phenoxy) is 1. The highest BCUT2D eigenvalue weighted by atomic mass is 32.2. The van der Waals surface area contributed by atoms with Crippen molar-refractivity contribution in [3.63, 3.8) is 0 Å². The summed E-state index contributed by atoms with van der Waals surface area (Å²) in [6.07, 6.45) is -0.641. The lowest BCUT2D eigenvalue weighted by molar-refractivity contribution is -0.137. The number of hydrogen-bond donors (Lipinski definition) is 1. The van der Waals surface area contributed by atoms with Crippen LogP contribution >= 0.6 is 11.8 Å². The van der Waals surface area contributed by atoms with Crippen molar-refractivity contribution in [1.29, 1.82) is 0 Å². The van der Waals surface area contributed by atoms with E-state index in [1.807, 2.05) is 0 Å². The van der Waals surface area contributed by atoms with Crippen LogP contribution in [0.3, 0.4) is 0 Å². The van der Waals surface area contributed by atoms with Crippen molar-refractivity contribution in [3.05, 3.63) is 11.0 Å². The largest absolute Gasteiger partial charge is 0.466 e. The van der Waals surface area contributed by atoms with Crippen LogP contribution in [0, 0.1) is 0 Å². The Hall–Kier alpha value is -0.480. The van der Waals surface area contributed by atoms with Crippen LogP contribution in [0.2, 0.25) is 0 Å². The molecule has 0 saturated heterocycles. The van der Waals surface area contributed by atoms with E-state index in [1.165, 1.54) is 18.9 Å². The molecule has 0 spiro atoms. The fourth-order valence-corrected chi connectivity index (χ4v) is 1.59. The molecule has 1 heterocycles.